The first-order chi connectivity index (χ1) is 35.1. The summed E-state index contributed by atoms with van der Waals surface area (Å²) in [6.45, 7) is 15.2. The summed E-state index contributed by atoms with van der Waals surface area (Å²) >= 11 is 12.7. The molecule has 0 saturated carbocycles. The molecule has 6 heterocycles. The van der Waals surface area contributed by atoms with Gasteiger partial charge in [-0.05, 0) is 132 Å². The number of hydrogen-bond acceptors (Lipinski definition) is 17. The van der Waals surface area contributed by atoms with Gasteiger partial charge in [0.1, 0.15) is 30.0 Å². The fourth-order valence-corrected chi connectivity index (χ4v) is 13.4. The van der Waals surface area contributed by atoms with Crippen LogP contribution >= 0.6 is 37.5 Å². The molecule has 0 atom stereocenters. The molecule has 4 aromatic carbocycles. The number of aromatic nitrogens is 4. The zero-order chi connectivity index (χ0) is 52.6. The highest BCUT2D eigenvalue weighted by Gasteiger charge is 2.44. The second-order valence-corrected chi connectivity index (χ2v) is 28.3. The molecule has 390 valence electrons. The van der Waals surface area contributed by atoms with Gasteiger partial charge in [0, 0.05) is 80.4 Å². The Bertz CT molecular complexity index is 3140. The van der Waals surface area contributed by atoms with Gasteiger partial charge in [-0.3, -0.25) is 10.1 Å². The predicted molar refractivity (Wildman–Crippen MR) is 305 cm³/mol. The Morgan fingerprint density at radius 2 is 1.01 bits per heavy atom. The third-order valence-electron chi connectivity index (χ3n) is 14.4. The van der Waals surface area contributed by atoms with E-state index in [1.165, 1.54) is 38.2 Å². The van der Waals surface area contributed by atoms with E-state index < -0.39 is 14.3 Å². The summed E-state index contributed by atoms with van der Waals surface area (Å²) in [7, 11) is -0.717. The molecular weight excluding hydrogens is 1020 g/mol. The topological polar surface area (TPSA) is 216 Å². The van der Waals surface area contributed by atoms with Gasteiger partial charge in [-0.2, -0.15) is 9.97 Å². The largest absolute Gasteiger partial charge is 0.397 e. The molecule has 0 aliphatic carbocycles. The zero-order valence-electron chi connectivity index (χ0n) is 42.6. The van der Waals surface area contributed by atoms with Gasteiger partial charge in [-0.15, -0.1) is 0 Å². The van der Waals surface area contributed by atoms with Crippen molar-refractivity contribution in [1.29, 1.82) is 0 Å². The lowest BCUT2D eigenvalue weighted by Gasteiger charge is -2.53. The fraction of sp³-hybridized carbons (Fsp3) is 0.385. The number of anilines is 11. The molecule has 18 nitrogen and oxygen atoms in total. The number of piperidine rings is 2. The normalized spacial score (nSPS) is 17.4. The average Bonchev–Trinajstić information content (AvgIpc) is 3.33. The van der Waals surface area contributed by atoms with Crippen LogP contribution in [0.1, 0.15) is 25.7 Å². The number of rotatable bonds is 13. The first-order valence-electron chi connectivity index (χ1n) is 24.6. The van der Waals surface area contributed by atoms with E-state index in [-0.39, 0.29) is 21.6 Å². The van der Waals surface area contributed by atoms with Crippen LogP contribution in [0, 0.1) is 20.9 Å². The highest BCUT2D eigenvalue weighted by atomic mass is 35.5. The second kappa shape index (κ2) is 21.3. The summed E-state index contributed by atoms with van der Waals surface area (Å²) in [5.74, 6) is 1.38. The van der Waals surface area contributed by atoms with Gasteiger partial charge in [0.25, 0.3) is 5.69 Å². The first-order valence-corrected chi connectivity index (χ1v) is 30.6. The molecule has 2 aromatic heterocycles. The Morgan fingerprint density at radius 3 is 1.42 bits per heavy atom. The fourth-order valence-electron chi connectivity index (χ4n) is 10.9. The number of nitro groups is 1. The van der Waals surface area contributed by atoms with Crippen molar-refractivity contribution in [2.45, 2.75) is 25.7 Å². The van der Waals surface area contributed by atoms with E-state index in [0.717, 1.165) is 74.5 Å². The Labute approximate surface area is 442 Å². The SMILES string of the molecule is CN1CC2(CCN(c3ccc(Nc4ncc(Cl)c(Nc5ccccc5P(C)(C)=O)n4)cc3N)CC2)C1.CN1CC2(CCN(c3ccc(Nc4ncc(Cl)c(Nc5ccccc5P(C)(C)=O)n4)cc3[N+](=O)[O-])CC2)C1. The minimum Gasteiger partial charge on any atom is -0.397 e. The van der Waals surface area contributed by atoms with Gasteiger partial charge in [0.2, 0.25) is 11.9 Å². The predicted octanol–water partition coefficient (Wildman–Crippen LogP) is 10.3. The van der Waals surface area contributed by atoms with Crippen LogP contribution in [-0.2, 0) is 9.13 Å². The molecule has 4 fully saturated rings. The number of benzene rings is 4. The lowest BCUT2D eigenvalue weighted by atomic mass is 9.72. The monoisotopic (exact) mass is 1080 g/mol. The Balaban J connectivity index is 0.000000182. The minimum absolute atomic E-state index is 0.0413. The molecule has 0 amide bonds. The number of para-hydroxylation sites is 2. The highest BCUT2D eigenvalue weighted by molar-refractivity contribution is 7.70. The molecule has 10 rings (SSSR count). The molecular formula is C52H64Cl2N14O4P2. The molecule has 0 unspecified atom stereocenters. The van der Waals surface area contributed by atoms with Crippen molar-refractivity contribution in [3.05, 3.63) is 117 Å². The van der Waals surface area contributed by atoms with E-state index in [9.17, 15) is 19.2 Å². The quantitative estimate of drug-likeness (QED) is 0.0315. The number of halogens is 2. The number of nitrogen functional groups attached to an aromatic ring is 1. The van der Waals surface area contributed by atoms with Crippen LogP contribution < -0.4 is 47.4 Å². The molecule has 2 spiro atoms. The van der Waals surface area contributed by atoms with Crippen molar-refractivity contribution in [1.82, 2.24) is 29.7 Å². The van der Waals surface area contributed by atoms with Crippen LogP contribution in [0.15, 0.2) is 97.3 Å². The van der Waals surface area contributed by atoms with E-state index in [4.69, 9.17) is 28.9 Å². The van der Waals surface area contributed by atoms with E-state index >= 15 is 0 Å². The number of nitrogens with one attached hydrogen (secondary N) is 4. The standard InChI is InChI=1S/C26H31ClN7O3P.C26H33ClN7OP/c1-32-16-26(17-32)10-12-33(13-11-26)21-9-8-18(14-22(21)34(35)36)29-25-28-15-19(27)24(31-25)30-20-6-4-5-7-23(20)38(2,3)37;1-33-16-26(17-33)10-12-34(13-11-26)22-9-8-18(14-20(22)28)30-25-29-15-19(27)24(32-25)31-21-6-4-5-7-23(21)36(2,3)35/h4-9,14-15H,10-13,16-17H2,1-3H3,(H2,28,29,30,31);4-9,14-15H,10-13,16-17,28H2,1-3H3,(H2,29,30,31,32). The van der Waals surface area contributed by atoms with Crippen LogP contribution in [0.2, 0.25) is 10.0 Å². The van der Waals surface area contributed by atoms with E-state index in [2.05, 4.69) is 81.0 Å². The first kappa shape index (κ1) is 52.8. The molecule has 6 N–H and O–H groups in total. The van der Waals surface area contributed by atoms with Crippen molar-refractivity contribution in [2.75, 3.05) is 130 Å². The summed E-state index contributed by atoms with van der Waals surface area (Å²) < 4.78 is 25.5. The molecule has 0 radical (unpaired) electrons. The number of likely N-dealkylation sites (tertiary alicyclic amines) is 2. The summed E-state index contributed by atoms with van der Waals surface area (Å²) in [5, 5.41) is 26.7. The summed E-state index contributed by atoms with van der Waals surface area (Å²) in [6.07, 6.45) is 7.48. The smallest absolute Gasteiger partial charge is 0.294 e. The molecule has 4 saturated heterocycles. The highest BCUT2D eigenvalue weighted by Crippen LogP contribution is 2.45. The summed E-state index contributed by atoms with van der Waals surface area (Å²) in [6, 6.07) is 25.9. The Kier molecular flexibility index (Phi) is 15.2. The third kappa shape index (κ3) is 12.1. The van der Waals surface area contributed by atoms with Crippen molar-refractivity contribution in [3.8, 4) is 0 Å². The van der Waals surface area contributed by atoms with Crippen molar-refractivity contribution in [3.63, 3.8) is 0 Å². The van der Waals surface area contributed by atoms with Crippen molar-refractivity contribution in [2.24, 2.45) is 10.8 Å². The van der Waals surface area contributed by atoms with Crippen molar-refractivity contribution >= 4 is 117 Å². The lowest BCUT2D eigenvalue weighted by molar-refractivity contribution is -0.384. The lowest BCUT2D eigenvalue weighted by Crippen LogP contribution is -2.58. The zero-order valence-corrected chi connectivity index (χ0v) is 45.9. The maximum absolute atomic E-state index is 12.7. The molecule has 0 bridgehead atoms. The number of nitrogens with two attached hydrogens (primary N) is 1. The Morgan fingerprint density at radius 1 is 0.608 bits per heavy atom. The van der Waals surface area contributed by atoms with Crippen LogP contribution in [0.25, 0.3) is 0 Å². The number of nitrogens with zero attached hydrogens (tertiary/aromatic N) is 9. The van der Waals surface area contributed by atoms with Crippen LogP contribution in [0.3, 0.4) is 0 Å². The number of hydrogen-bond donors (Lipinski definition) is 5. The molecule has 4 aliphatic rings. The third-order valence-corrected chi connectivity index (χ3v) is 18.1. The van der Waals surface area contributed by atoms with Crippen LogP contribution in [0.5, 0.6) is 0 Å². The Hall–Kier alpha value is -6.00. The molecule has 74 heavy (non-hydrogen) atoms. The summed E-state index contributed by atoms with van der Waals surface area (Å²) in [4.78, 5) is 38.5. The molecule has 4 aliphatic heterocycles. The maximum atomic E-state index is 12.7. The molecule has 6 aromatic rings. The number of nitro benzene ring substituents is 1. The van der Waals surface area contributed by atoms with E-state index in [1.807, 2.05) is 60.7 Å². The van der Waals surface area contributed by atoms with E-state index in [1.54, 1.807) is 45.0 Å². The van der Waals surface area contributed by atoms with Crippen LogP contribution in [0.4, 0.5) is 69.0 Å². The van der Waals surface area contributed by atoms with Gasteiger partial charge < -0.3 is 55.7 Å². The van der Waals surface area contributed by atoms with Crippen LogP contribution in [-0.4, -0.2) is 128 Å². The van der Waals surface area contributed by atoms with Gasteiger partial charge in [-0.25, -0.2) is 9.97 Å². The second-order valence-electron chi connectivity index (χ2n) is 21.1. The van der Waals surface area contributed by atoms with Gasteiger partial charge in [0.15, 0.2) is 11.6 Å². The van der Waals surface area contributed by atoms with E-state index in [0.29, 0.717) is 61.5 Å². The van der Waals surface area contributed by atoms with Gasteiger partial charge in [-0.1, -0.05) is 47.5 Å². The van der Waals surface area contributed by atoms with Crippen molar-refractivity contribution < 1.29 is 14.1 Å². The van der Waals surface area contributed by atoms with Gasteiger partial charge >= 0.3 is 0 Å². The summed E-state index contributed by atoms with van der Waals surface area (Å²) in [5.41, 5.74) is 12.4. The molecule has 22 heteroatoms. The maximum Gasteiger partial charge on any atom is 0.294 e. The minimum atomic E-state index is -2.55. The van der Waals surface area contributed by atoms with Gasteiger partial charge in [0.05, 0.1) is 40.1 Å². The average molecular weight is 1080 g/mol.